The van der Waals surface area contributed by atoms with Gasteiger partial charge in [-0.15, -0.1) is 6.42 Å². The average Bonchev–Trinajstić information content (AvgIpc) is 3.25. The van der Waals surface area contributed by atoms with Gasteiger partial charge in [0.15, 0.2) is 22.6 Å². The fourth-order valence-corrected chi connectivity index (χ4v) is 2.82. The van der Waals surface area contributed by atoms with Crippen molar-refractivity contribution in [3.05, 3.63) is 12.4 Å². The molecule has 144 valence electrons. The lowest BCUT2D eigenvalue weighted by atomic mass is 10.0. The molecule has 2 N–H and O–H groups in total. The molecule has 0 aromatic carbocycles. The Labute approximate surface area is 155 Å². The van der Waals surface area contributed by atoms with Crippen LogP contribution in [0.5, 0.6) is 0 Å². The predicted octanol–water partition coefficient (Wildman–Crippen LogP) is 2.18. The highest BCUT2D eigenvalue weighted by Crippen LogP contribution is 2.37. The molecule has 0 unspecified atom stereocenters. The minimum absolute atomic E-state index is 0.0596. The zero-order valence-electron chi connectivity index (χ0n) is 14.9. The Balaban J connectivity index is 1.69. The van der Waals surface area contributed by atoms with Crippen molar-refractivity contribution in [1.82, 2.24) is 19.5 Å². The Kier molecular flexibility index (Phi) is 5.41. The van der Waals surface area contributed by atoms with Crippen molar-refractivity contribution < 1.29 is 23.4 Å². The summed E-state index contributed by atoms with van der Waals surface area (Å²) in [4.78, 5) is 22.9. The summed E-state index contributed by atoms with van der Waals surface area (Å²) in [5.41, 5.74) is 5.04. The lowest BCUT2D eigenvalue weighted by molar-refractivity contribution is -0.0732. The molecule has 2 aromatic rings. The largest absolute Gasteiger partial charge is 0.508 e. The summed E-state index contributed by atoms with van der Waals surface area (Å²) in [5, 5.41) is 0. The third-order valence-corrected chi connectivity index (χ3v) is 4.29. The van der Waals surface area contributed by atoms with Gasteiger partial charge in [0.2, 0.25) is 0 Å². The molecule has 0 amide bonds. The van der Waals surface area contributed by atoms with Crippen LogP contribution in [0.15, 0.2) is 6.33 Å². The molecule has 0 aliphatic carbocycles. The third kappa shape index (κ3) is 3.93. The van der Waals surface area contributed by atoms with Crippen LogP contribution in [-0.4, -0.2) is 44.5 Å². The number of carbonyl (C=O) groups is 1. The van der Waals surface area contributed by atoms with Crippen molar-refractivity contribution in [2.45, 2.75) is 44.4 Å². The number of carbonyl (C=O) groups excluding carboxylic acids is 1. The number of fused-ring (bicyclic) bond motifs is 1. The van der Waals surface area contributed by atoms with E-state index in [-0.39, 0.29) is 30.2 Å². The minimum Gasteiger partial charge on any atom is -0.434 e. The van der Waals surface area contributed by atoms with Gasteiger partial charge in [0.25, 0.3) is 0 Å². The molecule has 1 saturated heterocycles. The summed E-state index contributed by atoms with van der Waals surface area (Å²) in [5.74, 6) is 2.48. The van der Waals surface area contributed by atoms with Crippen LogP contribution >= 0.6 is 0 Å². The van der Waals surface area contributed by atoms with E-state index in [0.29, 0.717) is 12.8 Å². The van der Waals surface area contributed by atoms with Crippen LogP contribution < -0.4 is 5.73 Å². The number of terminal acetylenes is 1. The number of nitrogens with zero attached hydrogens (tertiary/aromatic N) is 4. The molecule has 0 radical (unpaired) electrons. The quantitative estimate of drug-likeness (QED) is 0.353. The van der Waals surface area contributed by atoms with E-state index in [1.165, 1.54) is 10.9 Å². The van der Waals surface area contributed by atoms with Gasteiger partial charge in [0, 0.05) is 0 Å². The van der Waals surface area contributed by atoms with Crippen LogP contribution in [0.1, 0.15) is 38.8 Å². The molecule has 1 aliphatic rings. The van der Waals surface area contributed by atoms with Gasteiger partial charge in [0.05, 0.1) is 12.9 Å². The summed E-state index contributed by atoms with van der Waals surface area (Å²) in [6.07, 6.45) is 7.33. The van der Waals surface area contributed by atoms with E-state index in [0.717, 1.165) is 12.8 Å². The highest BCUT2D eigenvalue weighted by Gasteiger charge is 2.41. The molecule has 1 aliphatic heterocycles. The fraction of sp³-hybridized carbons (Fsp3) is 0.529. The van der Waals surface area contributed by atoms with E-state index in [1.54, 1.807) is 0 Å². The van der Waals surface area contributed by atoms with E-state index in [9.17, 15) is 9.18 Å². The highest BCUT2D eigenvalue weighted by molar-refractivity contribution is 5.81. The van der Waals surface area contributed by atoms with E-state index in [4.69, 9.17) is 26.4 Å². The maximum atomic E-state index is 13.5. The number of unbranched alkanes of at least 4 members (excludes halogenated alkanes) is 1. The Morgan fingerprint density at radius 2 is 2.37 bits per heavy atom. The number of imidazole rings is 1. The molecule has 0 bridgehead atoms. The van der Waals surface area contributed by atoms with Crippen molar-refractivity contribution in [2.24, 2.45) is 0 Å². The topological polar surface area (TPSA) is 114 Å². The molecular formula is C17H20FN5O4. The molecule has 9 nitrogen and oxygen atoms in total. The zero-order chi connectivity index (χ0) is 19.4. The van der Waals surface area contributed by atoms with Crippen LogP contribution in [0.25, 0.3) is 11.2 Å². The van der Waals surface area contributed by atoms with Gasteiger partial charge in [-0.2, -0.15) is 14.4 Å². The van der Waals surface area contributed by atoms with Crippen LogP contribution in [0.2, 0.25) is 0 Å². The second-order valence-electron chi connectivity index (χ2n) is 6.19. The molecule has 2 aromatic heterocycles. The Bertz CT molecular complexity index is 880. The summed E-state index contributed by atoms with van der Waals surface area (Å²) in [6.45, 7) is 2.12. The number of anilines is 1. The maximum Gasteiger partial charge on any atom is 0.508 e. The normalized spacial score (nSPS) is 21.9. The first-order valence-electron chi connectivity index (χ1n) is 8.58. The van der Waals surface area contributed by atoms with Crippen molar-refractivity contribution in [3.8, 4) is 12.3 Å². The maximum absolute atomic E-state index is 13.5. The summed E-state index contributed by atoms with van der Waals surface area (Å²) in [6, 6.07) is 0. The van der Waals surface area contributed by atoms with Gasteiger partial charge in [-0.25, -0.2) is 9.78 Å². The molecule has 10 heteroatoms. The van der Waals surface area contributed by atoms with Crippen LogP contribution in [0.4, 0.5) is 15.0 Å². The number of hydrogen-bond donors (Lipinski definition) is 1. The number of nitrogen functional groups attached to an aromatic ring is 1. The third-order valence-electron chi connectivity index (χ3n) is 4.29. The monoisotopic (exact) mass is 377 g/mol. The first-order valence-corrected chi connectivity index (χ1v) is 8.58. The van der Waals surface area contributed by atoms with E-state index in [2.05, 4.69) is 20.9 Å². The molecule has 1 fully saturated rings. The molecule has 3 rings (SSSR count). The molecule has 0 spiro atoms. The fourth-order valence-electron chi connectivity index (χ4n) is 2.82. The highest BCUT2D eigenvalue weighted by atomic mass is 19.1. The molecule has 27 heavy (non-hydrogen) atoms. The van der Waals surface area contributed by atoms with Crippen molar-refractivity contribution in [3.63, 3.8) is 0 Å². The standard InChI is InChI=1S/C17H20FN5O4/c1-3-5-8-25-16(24)26-9-17(4-2)7-6-11(27-17)23-10-20-12-13(19)21-15(18)22-14(12)23/h2,10-11H,3,5-9H2,1H3,(H2,19,21,22)/t11-,17+/m1/s1. The van der Waals surface area contributed by atoms with Gasteiger partial charge in [-0.1, -0.05) is 19.3 Å². The van der Waals surface area contributed by atoms with Gasteiger partial charge in [-0.3, -0.25) is 4.57 Å². The Hall–Kier alpha value is -2.93. The summed E-state index contributed by atoms with van der Waals surface area (Å²) < 4.78 is 31.0. The number of nitrogens with two attached hydrogens (primary N) is 1. The second kappa shape index (κ2) is 7.75. The lowest BCUT2D eigenvalue weighted by Gasteiger charge is -2.23. The molecular weight excluding hydrogens is 357 g/mol. The second-order valence-corrected chi connectivity index (χ2v) is 6.19. The van der Waals surface area contributed by atoms with Crippen molar-refractivity contribution in [1.29, 1.82) is 0 Å². The number of hydrogen-bond acceptors (Lipinski definition) is 8. The first-order chi connectivity index (χ1) is 13.0. The van der Waals surface area contributed by atoms with Crippen LogP contribution in [-0.2, 0) is 14.2 Å². The molecule has 3 heterocycles. The van der Waals surface area contributed by atoms with E-state index < -0.39 is 24.1 Å². The van der Waals surface area contributed by atoms with Crippen molar-refractivity contribution >= 4 is 23.1 Å². The number of halogens is 1. The van der Waals surface area contributed by atoms with Gasteiger partial charge in [0.1, 0.15) is 12.8 Å². The lowest BCUT2D eigenvalue weighted by Crippen LogP contribution is -2.34. The van der Waals surface area contributed by atoms with Crippen LogP contribution in [0.3, 0.4) is 0 Å². The molecule has 0 saturated carbocycles. The smallest absolute Gasteiger partial charge is 0.434 e. The zero-order valence-corrected chi connectivity index (χ0v) is 14.9. The number of rotatable bonds is 6. The first kappa shape index (κ1) is 18.8. The van der Waals surface area contributed by atoms with E-state index in [1.807, 2.05) is 6.92 Å². The minimum atomic E-state index is -1.11. The predicted molar refractivity (Wildman–Crippen MR) is 92.8 cm³/mol. The summed E-state index contributed by atoms with van der Waals surface area (Å²) in [7, 11) is 0. The van der Waals surface area contributed by atoms with Crippen LogP contribution in [0, 0.1) is 18.4 Å². The van der Waals surface area contributed by atoms with E-state index >= 15 is 0 Å². The Morgan fingerprint density at radius 1 is 1.56 bits per heavy atom. The van der Waals surface area contributed by atoms with Gasteiger partial charge in [-0.05, 0) is 19.3 Å². The van der Waals surface area contributed by atoms with Gasteiger partial charge >= 0.3 is 12.2 Å². The average molecular weight is 377 g/mol. The Morgan fingerprint density at radius 3 is 3.11 bits per heavy atom. The van der Waals surface area contributed by atoms with Gasteiger partial charge < -0.3 is 19.9 Å². The molecule has 2 atom stereocenters. The number of ether oxygens (including phenoxy) is 3. The number of aromatic nitrogens is 4. The van der Waals surface area contributed by atoms with Crippen molar-refractivity contribution in [2.75, 3.05) is 18.9 Å². The summed E-state index contributed by atoms with van der Waals surface area (Å²) >= 11 is 0. The SMILES string of the molecule is C#C[C@@]1(COC(=O)OCCCC)CC[C@H](n2cnc3c(N)nc(F)nc32)O1.